The Bertz CT molecular complexity index is 285. The Kier molecular flexibility index (Phi) is 2.31. The molecule has 72 valence electrons. The molecule has 2 rings (SSSR count). The lowest BCUT2D eigenvalue weighted by Crippen LogP contribution is -2.01. The highest BCUT2D eigenvalue weighted by atomic mass is 16.5. The Hall–Kier alpha value is -0.900. The van der Waals surface area contributed by atoms with E-state index in [4.69, 9.17) is 9.26 Å². The summed E-state index contributed by atoms with van der Waals surface area (Å²) in [4.78, 5) is 4.24. The number of ether oxygens (including phenoxy) is 1. The fourth-order valence-corrected chi connectivity index (χ4v) is 1.53. The summed E-state index contributed by atoms with van der Waals surface area (Å²) in [5.41, 5.74) is 0. The van der Waals surface area contributed by atoms with Crippen LogP contribution < -0.4 is 0 Å². The molecule has 1 aromatic rings. The minimum Gasteiger partial charge on any atom is -0.365 e. The van der Waals surface area contributed by atoms with E-state index in [-0.39, 0.29) is 6.10 Å². The smallest absolute Gasteiger partial charge is 0.255 e. The van der Waals surface area contributed by atoms with Crippen LogP contribution >= 0.6 is 0 Å². The lowest BCUT2D eigenvalue weighted by molar-refractivity contribution is 0.0355. The van der Waals surface area contributed by atoms with Crippen molar-refractivity contribution < 1.29 is 9.26 Å². The summed E-state index contributed by atoms with van der Waals surface area (Å²) < 4.78 is 10.7. The van der Waals surface area contributed by atoms with Gasteiger partial charge in [0.05, 0.1) is 6.10 Å². The second kappa shape index (κ2) is 3.46. The van der Waals surface area contributed by atoms with Crippen LogP contribution in [0.25, 0.3) is 0 Å². The number of hydrogen-bond acceptors (Lipinski definition) is 4. The molecule has 0 radical (unpaired) electrons. The van der Waals surface area contributed by atoms with Gasteiger partial charge in [-0.05, 0) is 19.8 Å². The molecule has 1 aliphatic rings. The van der Waals surface area contributed by atoms with Gasteiger partial charge >= 0.3 is 0 Å². The minimum absolute atomic E-state index is 0.0304. The zero-order valence-corrected chi connectivity index (χ0v) is 7.99. The van der Waals surface area contributed by atoms with Crippen molar-refractivity contribution in [3.63, 3.8) is 0 Å². The van der Waals surface area contributed by atoms with E-state index < -0.39 is 0 Å². The Morgan fingerprint density at radius 2 is 2.31 bits per heavy atom. The zero-order valence-electron chi connectivity index (χ0n) is 7.99. The van der Waals surface area contributed by atoms with Crippen molar-refractivity contribution in [1.29, 1.82) is 0 Å². The van der Waals surface area contributed by atoms with E-state index in [9.17, 15) is 0 Å². The van der Waals surface area contributed by atoms with Crippen molar-refractivity contribution in [3.05, 3.63) is 11.7 Å². The number of rotatable bonds is 2. The van der Waals surface area contributed by atoms with Crippen LogP contribution in [0.1, 0.15) is 44.5 Å². The van der Waals surface area contributed by atoms with E-state index in [1.165, 1.54) is 0 Å². The Morgan fingerprint density at radius 1 is 1.46 bits per heavy atom. The number of nitrogens with zero attached hydrogens (tertiary/aromatic N) is 2. The first-order chi connectivity index (χ1) is 6.29. The Labute approximate surface area is 77.3 Å². The highest BCUT2D eigenvalue weighted by Crippen LogP contribution is 2.31. The second-order valence-electron chi connectivity index (χ2n) is 3.42. The molecule has 4 nitrogen and oxygen atoms in total. The van der Waals surface area contributed by atoms with E-state index in [2.05, 4.69) is 17.1 Å². The van der Waals surface area contributed by atoms with Gasteiger partial charge in [-0.3, -0.25) is 0 Å². The molecule has 1 fully saturated rings. The topological polar surface area (TPSA) is 48.2 Å². The average molecular weight is 182 g/mol. The van der Waals surface area contributed by atoms with Gasteiger partial charge in [-0.2, -0.15) is 4.98 Å². The van der Waals surface area contributed by atoms with Crippen LogP contribution in [-0.4, -0.2) is 16.2 Å². The van der Waals surface area contributed by atoms with Gasteiger partial charge in [-0.25, -0.2) is 0 Å². The van der Waals surface area contributed by atoms with Gasteiger partial charge in [0.2, 0.25) is 0 Å². The molecule has 4 heteroatoms. The molecule has 1 saturated heterocycles. The summed E-state index contributed by atoms with van der Waals surface area (Å²) >= 11 is 0. The maximum absolute atomic E-state index is 5.61. The predicted octanol–water partition coefficient (Wildman–Crippen LogP) is 1.87. The quantitative estimate of drug-likeness (QED) is 0.700. The van der Waals surface area contributed by atoms with Crippen molar-refractivity contribution in [2.75, 3.05) is 0 Å². The molecular weight excluding hydrogens is 168 g/mol. The van der Waals surface area contributed by atoms with E-state index >= 15 is 0 Å². The zero-order chi connectivity index (χ0) is 9.26. The van der Waals surface area contributed by atoms with Gasteiger partial charge in [0, 0.05) is 6.42 Å². The van der Waals surface area contributed by atoms with Crippen molar-refractivity contribution in [3.8, 4) is 0 Å². The molecular formula is C9H14N2O2. The fraction of sp³-hybridized carbons (Fsp3) is 0.778. The third kappa shape index (κ3) is 1.72. The molecule has 0 aliphatic carbocycles. The molecule has 13 heavy (non-hydrogen) atoms. The lowest BCUT2D eigenvalue weighted by atomic mass is 10.2. The van der Waals surface area contributed by atoms with Gasteiger partial charge in [0.1, 0.15) is 6.10 Å². The monoisotopic (exact) mass is 182 g/mol. The SMILES string of the molecule is CCc1noc(C2CCC(C)O2)n1. The molecule has 2 unspecified atom stereocenters. The molecule has 0 N–H and O–H groups in total. The summed E-state index contributed by atoms with van der Waals surface area (Å²) in [7, 11) is 0. The van der Waals surface area contributed by atoms with Crippen molar-refractivity contribution in [2.45, 2.75) is 45.3 Å². The van der Waals surface area contributed by atoms with Gasteiger partial charge in [-0.15, -0.1) is 0 Å². The van der Waals surface area contributed by atoms with Crippen LogP contribution in [-0.2, 0) is 11.2 Å². The van der Waals surface area contributed by atoms with E-state index in [1.54, 1.807) is 0 Å². The third-order valence-electron chi connectivity index (χ3n) is 2.31. The van der Waals surface area contributed by atoms with Crippen molar-refractivity contribution >= 4 is 0 Å². The fourth-order valence-electron chi connectivity index (χ4n) is 1.53. The second-order valence-corrected chi connectivity index (χ2v) is 3.42. The molecule has 0 bridgehead atoms. The minimum atomic E-state index is 0.0304. The summed E-state index contributed by atoms with van der Waals surface area (Å²) in [6.07, 6.45) is 3.23. The van der Waals surface area contributed by atoms with Crippen LogP contribution in [0, 0.1) is 0 Å². The van der Waals surface area contributed by atoms with Gasteiger partial charge < -0.3 is 9.26 Å². The molecule has 1 aromatic heterocycles. The Balaban J connectivity index is 2.08. The lowest BCUT2D eigenvalue weighted by Gasteiger charge is -2.04. The first-order valence-electron chi connectivity index (χ1n) is 4.77. The highest BCUT2D eigenvalue weighted by Gasteiger charge is 2.27. The van der Waals surface area contributed by atoms with E-state index in [0.717, 1.165) is 25.1 Å². The van der Waals surface area contributed by atoms with Crippen molar-refractivity contribution in [1.82, 2.24) is 10.1 Å². The standard InChI is InChI=1S/C9H14N2O2/c1-3-8-10-9(13-11-8)7-5-4-6(2)12-7/h6-7H,3-5H2,1-2H3. The van der Waals surface area contributed by atoms with Crippen LogP contribution in [0.4, 0.5) is 0 Å². The summed E-state index contributed by atoms with van der Waals surface area (Å²) in [6.45, 7) is 4.07. The number of aromatic nitrogens is 2. The number of aryl methyl sites for hydroxylation is 1. The summed E-state index contributed by atoms with van der Waals surface area (Å²) in [6, 6.07) is 0. The number of hydrogen-bond donors (Lipinski definition) is 0. The van der Waals surface area contributed by atoms with Crippen LogP contribution in [0.2, 0.25) is 0 Å². The Morgan fingerprint density at radius 3 is 2.85 bits per heavy atom. The molecule has 2 heterocycles. The summed E-state index contributed by atoms with van der Waals surface area (Å²) in [5.74, 6) is 1.40. The molecule has 2 atom stereocenters. The van der Waals surface area contributed by atoms with E-state index in [0.29, 0.717) is 12.0 Å². The molecule has 0 spiro atoms. The normalized spacial score (nSPS) is 28.2. The van der Waals surface area contributed by atoms with Crippen LogP contribution in [0.3, 0.4) is 0 Å². The van der Waals surface area contributed by atoms with Crippen LogP contribution in [0.5, 0.6) is 0 Å². The maximum atomic E-state index is 5.61. The summed E-state index contributed by atoms with van der Waals surface area (Å²) in [5, 5.41) is 3.84. The maximum Gasteiger partial charge on any atom is 0.255 e. The molecule has 0 saturated carbocycles. The van der Waals surface area contributed by atoms with Gasteiger partial charge in [0.15, 0.2) is 5.82 Å². The average Bonchev–Trinajstić information content (AvgIpc) is 2.71. The van der Waals surface area contributed by atoms with E-state index in [1.807, 2.05) is 6.92 Å². The third-order valence-corrected chi connectivity index (χ3v) is 2.31. The first kappa shape index (κ1) is 8.69. The first-order valence-corrected chi connectivity index (χ1v) is 4.77. The molecule has 0 amide bonds. The molecule has 1 aliphatic heterocycles. The molecule has 0 aromatic carbocycles. The van der Waals surface area contributed by atoms with Gasteiger partial charge in [0.25, 0.3) is 5.89 Å². The van der Waals surface area contributed by atoms with Crippen LogP contribution in [0.15, 0.2) is 4.52 Å². The highest BCUT2D eigenvalue weighted by molar-refractivity contribution is 4.92. The largest absolute Gasteiger partial charge is 0.365 e. The predicted molar refractivity (Wildman–Crippen MR) is 46.2 cm³/mol. The van der Waals surface area contributed by atoms with Crippen molar-refractivity contribution in [2.24, 2.45) is 0 Å². The van der Waals surface area contributed by atoms with Gasteiger partial charge in [-0.1, -0.05) is 12.1 Å².